The lowest BCUT2D eigenvalue weighted by atomic mass is 10.2. The van der Waals surface area contributed by atoms with Crippen molar-refractivity contribution >= 4 is 40.5 Å². The van der Waals surface area contributed by atoms with Crippen molar-refractivity contribution in [2.24, 2.45) is 0 Å². The third-order valence-electron chi connectivity index (χ3n) is 5.12. The van der Waals surface area contributed by atoms with Crippen LogP contribution in [0, 0.1) is 10.1 Å². The molecule has 3 rings (SSSR count). The lowest BCUT2D eigenvalue weighted by molar-refractivity contribution is -0.384. The summed E-state index contributed by atoms with van der Waals surface area (Å²) >= 11 is 5.59. The summed E-state index contributed by atoms with van der Waals surface area (Å²) in [7, 11) is 0. The predicted molar refractivity (Wildman–Crippen MR) is 120 cm³/mol. The number of alkyl halides is 3. The van der Waals surface area contributed by atoms with Gasteiger partial charge in [-0.05, 0) is 30.3 Å². The maximum Gasteiger partial charge on any atom is 0.417 e. The Morgan fingerprint density at radius 1 is 0.912 bits per heavy atom. The Morgan fingerprint density at radius 3 is 1.85 bits per heavy atom. The van der Waals surface area contributed by atoms with Crippen molar-refractivity contribution < 1.29 is 27.7 Å². The van der Waals surface area contributed by atoms with E-state index in [1.807, 2.05) is 9.80 Å². The number of rotatable bonds is 7. The zero-order valence-corrected chi connectivity index (χ0v) is 18.5. The minimum absolute atomic E-state index is 0.00303. The Bertz CT molecular complexity index is 1060. The molecule has 2 amide bonds. The van der Waals surface area contributed by atoms with Gasteiger partial charge in [-0.1, -0.05) is 11.6 Å². The van der Waals surface area contributed by atoms with Crippen molar-refractivity contribution in [3.63, 3.8) is 0 Å². The van der Waals surface area contributed by atoms with E-state index in [0.717, 1.165) is 12.1 Å². The molecule has 2 aromatic rings. The van der Waals surface area contributed by atoms with Gasteiger partial charge in [-0.25, -0.2) is 0 Å². The van der Waals surface area contributed by atoms with Crippen molar-refractivity contribution in [2.75, 3.05) is 49.9 Å². The fraction of sp³-hybridized carbons (Fsp3) is 0.333. The van der Waals surface area contributed by atoms with Crippen LogP contribution in [0.4, 0.5) is 30.2 Å². The number of carbonyl (C=O) groups excluding carboxylic acids is 2. The zero-order valence-electron chi connectivity index (χ0n) is 17.8. The van der Waals surface area contributed by atoms with Gasteiger partial charge >= 0.3 is 6.18 Å². The fourth-order valence-corrected chi connectivity index (χ4v) is 3.62. The van der Waals surface area contributed by atoms with E-state index < -0.39 is 27.6 Å². The smallest absolute Gasteiger partial charge is 0.325 e. The number of hydrogen-bond acceptors (Lipinski definition) is 6. The average Bonchev–Trinajstić information content (AvgIpc) is 2.76. The van der Waals surface area contributed by atoms with Crippen molar-refractivity contribution in [3.05, 3.63) is 63.2 Å². The summed E-state index contributed by atoms with van der Waals surface area (Å²) in [5, 5.41) is 15.4. The topological polar surface area (TPSA) is 108 Å². The molecule has 1 heterocycles. The normalized spacial score (nSPS) is 15.1. The molecule has 0 aromatic heterocycles. The third-order valence-corrected chi connectivity index (χ3v) is 5.45. The van der Waals surface area contributed by atoms with Crippen LogP contribution in [-0.4, -0.2) is 65.8 Å². The zero-order chi connectivity index (χ0) is 24.9. The van der Waals surface area contributed by atoms with E-state index in [4.69, 9.17) is 11.6 Å². The first-order valence-corrected chi connectivity index (χ1v) is 10.5. The molecule has 0 radical (unpaired) electrons. The van der Waals surface area contributed by atoms with Crippen molar-refractivity contribution in [2.45, 2.75) is 6.18 Å². The summed E-state index contributed by atoms with van der Waals surface area (Å²) in [6.07, 6.45) is -4.63. The first-order valence-electron chi connectivity index (χ1n) is 10.2. The number of nitrogens with zero attached hydrogens (tertiary/aromatic N) is 3. The first-order chi connectivity index (χ1) is 16.0. The second kappa shape index (κ2) is 10.8. The van der Waals surface area contributed by atoms with Crippen molar-refractivity contribution in [1.82, 2.24) is 9.80 Å². The second-order valence-corrected chi connectivity index (χ2v) is 8.05. The molecule has 0 unspecified atom stereocenters. The molecule has 2 N–H and O–H groups in total. The number of hydrogen-bond donors (Lipinski definition) is 2. The molecule has 0 atom stereocenters. The van der Waals surface area contributed by atoms with Crippen LogP contribution in [0.2, 0.25) is 5.02 Å². The minimum atomic E-state index is -4.63. The van der Waals surface area contributed by atoms with Gasteiger partial charge in [-0.2, -0.15) is 13.2 Å². The van der Waals surface area contributed by atoms with Gasteiger partial charge in [0.1, 0.15) is 0 Å². The minimum Gasteiger partial charge on any atom is -0.325 e. The van der Waals surface area contributed by atoms with Crippen LogP contribution in [-0.2, 0) is 15.8 Å². The lowest BCUT2D eigenvalue weighted by Gasteiger charge is -2.33. The molecule has 1 aliphatic heterocycles. The Hall–Kier alpha value is -3.22. The quantitative estimate of drug-likeness (QED) is 0.446. The van der Waals surface area contributed by atoms with Gasteiger partial charge in [0.2, 0.25) is 11.8 Å². The molecular weight excluding hydrogens is 479 g/mol. The van der Waals surface area contributed by atoms with Crippen LogP contribution in [0.3, 0.4) is 0 Å². The molecule has 1 saturated heterocycles. The van der Waals surface area contributed by atoms with Gasteiger partial charge in [0.05, 0.1) is 28.6 Å². The monoisotopic (exact) mass is 499 g/mol. The summed E-state index contributed by atoms with van der Waals surface area (Å²) < 4.78 is 38.9. The summed E-state index contributed by atoms with van der Waals surface area (Å²) in [4.78, 5) is 38.4. The van der Waals surface area contributed by atoms with Crippen LogP contribution in [0.15, 0.2) is 42.5 Å². The molecule has 13 heteroatoms. The van der Waals surface area contributed by atoms with Gasteiger partial charge in [0.25, 0.3) is 5.69 Å². The van der Waals surface area contributed by atoms with Gasteiger partial charge in [0, 0.05) is 49.7 Å². The summed E-state index contributed by atoms with van der Waals surface area (Å²) in [6, 6.07) is 8.68. The number of nitrogens with one attached hydrogen (secondary N) is 2. The van der Waals surface area contributed by atoms with Crippen molar-refractivity contribution in [3.8, 4) is 0 Å². The standard InChI is InChI=1S/C21H21ClF3N5O4/c22-18-6-3-15(11-17(18)21(23,24)25)27-20(32)13-29-9-7-28(8-10-29)12-19(31)26-14-1-4-16(5-2-14)30(33)34/h1-6,11H,7-10,12-13H2,(H,26,31)(H,27,32). The Balaban J connectivity index is 1.43. The van der Waals surface area contributed by atoms with Gasteiger partial charge in [-0.3, -0.25) is 29.5 Å². The number of nitro groups is 1. The van der Waals surface area contributed by atoms with E-state index in [9.17, 15) is 32.9 Å². The maximum absolute atomic E-state index is 13.0. The van der Waals surface area contributed by atoms with Crippen LogP contribution in [0.1, 0.15) is 5.56 Å². The predicted octanol–water partition coefficient (Wildman–Crippen LogP) is 3.46. The highest BCUT2D eigenvalue weighted by atomic mass is 35.5. The number of anilines is 2. The molecule has 34 heavy (non-hydrogen) atoms. The number of carbonyl (C=O) groups is 2. The lowest BCUT2D eigenvalue weighted by Crippen LogP contribution is -2.50. The number of halogens is 4. The van der Waals surface area contributed by atoms with Gasteiger partial charge in [0.15, 0.2) is 0 Å². The van der Waals surface area contributed by atoms with E-state index in [0.29, 0.717) is 31.9 Å². The molecule has 0 saturated carbocycles. The van der Waals surface area contributed by atoms with Crippen LogP contribution in [0.25, 0.3) is 0 Å². The molecule has 1 aliphatic rings. The van der Waals surface area contributed by atoms with E-state index in [1.54, 1.807) is 0 Å². The van der Waals surface area contributed by atoms with E-state index in [1.165, 1.54) is 30.3 Å². The molecule has 0 aliphatic carbocycles. The number of nitro benzene ring substituents is 1. The highest BCUT2D eigenvalue weighted by molar-refractivity contribution is 6.31. The van der Waals surface area contributed by atoms with Crippen LogP contribution < -0.4 is 10.6 Å². The highest BCUT2D eigenvalue weighted by Crippen LogP contribution is 2.36. The molecule has 0 spiro atoms. The molecule has 1 fully saturated rings. The highest BCUT2D eigenvalue weighted by Gasteiger charge is 2.33. The van der Waals surface area contributed by atoms with Gasteiger partial charge < -0.3 is 10.6 Å². The number of amides is 2. The molecule has 9 nitrogen and oxygen atoms in total. The first kappa shape index (κ1) is 25.4. The van der Waals surface area contributed by atoms with Gasteiger partial charge in [-0.15, -0.1) is 0 Å². The molecular formula is C21H21ClF3N5O4. The Morgan fingerprint density at radius 2 is 1.38 bits per heavy atom. The molecule has 0 bridgehead atoms. The average molecular weight is 500 g/mol. The molecule has 2 aromatic carbocycles. The molecule has 182 valence electrons. The largest absolute Gasteiger partial charge is 0.417 e. The van der Waals surface area contributed by atoms with Crippen LogP contribution >= 0.6 is 11.6 Å². The Kier molecular flexibility index (Phi) is 8.07. The summed E-state index contributed by atoms with van der Waals surface area (Å²) in [6.45, 7) is 2.12. The van der Waals surface area contributed by atoms with E-state index in [2.05, 4.69) is 10.6 Å². The third kappa shape index (κ3) is 7.14. The Labute approximate surface area is 197 Å². The van der Waals surface area contributed by atoms with E-state index in [-0.39, 0.29) is 30.4 Å². The van der Waals surface area contributed by atoms with E-state index >= 15 is 0 Å². The summed E-state index contributed by atoms with van der Waals surface area (Å²) in [5.74, 6) is -0.733. The summed E-state index contributed by atoms with van der Waals surface area (Å²) in [5.41, 5.74) is -0.646. The number of non-ortho nitro benzene ring substituents is 1. The number of benzene rings is 2. The SMILES string of the molecule is O=C(CN1CCN(CC(=O)Nc2ccc(Cl)c(C(F)(F)F)c2)CC1)Nc1ccc([N+](=O)[O-])cc1. The van der Waals surface area contributed by atoms with Crippen molar-refractivity contribution in [1.29, 1.82) is 0 Å². The maximum atomic E-state index is 13.0. The fourth-order valence-electron chi connectivity index (χ4n) is 3.40. The second-order valence-electron chi connectivity index (χ2n) is 7.65. The number of piperazine rings is 1. The van der Waals surface area contributed by atoms with Crippen LogP contribution in [0.5, 0.6) is 0 Å².